The number of aromatic nitrogens is 3. The molecule has 0 unspecified atom stereocenters. The standard InChI is InChI=1S/C19H17BrN4O3S/c1-3-10-24-18(15-8-9-16(20)27-15)22-23-19(24)28-11-17(26)21-14-6-4-13(5-7-14)12(2)25/h3-9H,1,10-11H2,2H3,(H,21,26). The van der Waals surface area contributed by atoms with E-state index in [0.29, 0.717) is 39.2 Å². The maximum absolute atomic E-state index is 12.3. The van der Waals surface area contributed by atoms with Crippen LogP contribution in [0.15, 0.2) is 63.3 Å². The first-order valence-electron chi connectivity index (χ1n) is 8.31. The zero-order chi connectivity index (χ0) is 20.1. The van der Waals surface area contributed by atoms with Gasteiger partial charge in [-0.05, 0) is 59.3 Å². The van der Waals surface area contributed by atoms with Gasteiger partial charge in [-0.25, -0.2) is 0 Å². The van der Waals surface area contributed by atoms with E-state index in [1.165, 1.54) is 18.7 Å². The van der Waals surface area contributed by atoms with Crippen LogP contribution in [0.25, 0.3) is 11.6 Å². The number of carbonyl (C=O) groups excluding carboxylic acids is 2. The van der Waals surface area contributed by atoms with E-state index in [1.54, 1.807) is 42.5 Å². The number of thioether (sulfide) groups is 1. The number of nitrogens with zero attached hydrogens (tertiary/aromatic N) is 3. The number of benzene rings is 1. The van der Waals surface area contributed by atoms with Crippen LogP contribution in [0.3, 0.4) is 0 Å². The molecule has 7 nitrogen and oxygen atoms in total. The van der Waals surface area contributed by atoms with E-state index in [4.69, 9.17) is 4.42 Å². The van der Waals surface area contributed by atoms with Crippen molar-refractivity contribution in [1.82, 2.24) is 14.8 Å². The summed E-state index contributed by atoms with van der Waals surface area (Å²) in [7, 11) is 0. The Bertz CT molecular complexity index is 1010. The lowest BCUT2D eigenvalue weighted by Crippen LogP contribution is -2.14. The van der Waals surface area contributed by atoms with E-state index < -0.39 is 0 Å². The average Bonchev–Trinajstić information content (AvgIpc) is 3.27. The fraction of sp³-hybridized carbons (Fsp3) is 0.158. The number of allylic oxidation sites excluding steroid dienone is 1. The summed E-state index contributed by atoms with van der Waals surface area (Å²) in [5.74, 6) is 1.09. The number of halogens is 1. The van der Waals surface area contributed by atoms with Crippen molar-refractivity contribution in [3.8, 4) is 11.6 Å². The number of ketones is 1. The van der Waals surface area contributed by atoms with Gasteiger partial charge in [0.15, 0.2) is 21.4 Å². The van der Waals surface area contributed by atoms with Crippen LogP contribution < -0.4 is 5.32 Å². The van der Waals surface area contributed by atoms with Crippen LogP contribution in [-0.4, -0.2) is 32.2 Å². The summed E-state index contributed by atoms with van der Waals surface area (Å²) >= 11 is 4.54. The minimum atomic E-state index is -0.184. The fourth-order valence-corrected chi connectivity index (χ4v) is 3.48. The molecule has 3 aromatic rings. The van der Waals surface area contributed by atoms with Crippen LogP contribution in [0.2, 0.25) is 0 Å². The van der Waals surface area contributed by atoms with Crippen molar-refractivity contribution in [3.05, 3.63) is 59.3 Å². The van der Waals surface area contributed by atoms with Crippen molar-refractivity contribution < 1.29 is 14.0 Å². The van der Waals surface area contributed by atoms with Crippen LogP contribution in [-0.2, 0) is 11.3 Å². The molecule has 1 amide bonds. The van der Waals surface area contributed by atoms with E-state index in [-0.39, 0.29) is 17.4 Å². The molecule has 0 aliphatic rings. The summed E-state index contributed by atoms with van der Waals surface area (Å²) in [4.78, 5) is 23.6. The van der Waals surface area contributed by atoms with Gasteiger partial charge in [-0.1, -0.05) is 17.8 Å². The van der Waals surface area contributed by atoms with Gasteiger partial charge in [0.25, 0.3) is 0 Å². The quantitative estimate of drug-likeness (QED) is 0.304. The maximum Gasteiger partial charge on any atom is 0.234 e. The Morgan fingerprint density at radius 3 is 2.61 bits per heavy atom. The Hall–Kier alpha value is -2.65. The molecule has 2 aromatic heterocycles. The molecule has 0 aliphatic carbocycles. The largest absolute Gasteiger partial charge is 0.446 e. The van der Waals surface area contributed by atoms with E-state index in [1.807, 2.05) is 4.57 Å². The normalized spacial score (nSPS) is 10.6. The topological polar surface area (TPSA) is 90.0 Å². The second kappa shape index (κ2) is 9.03. The molecule has 0 aliphatic heterocycles. The third-order valence-corrected chi connectivity index (χ3v) is 5.12. The summed E-state index contributed by atoms with van der Waals surface area (Å²) in [6.07, 6.45) is 1.73. The minimum absolute atomic E-state index is 0.0191. The van der Waals surface area contributed by atoms with Crippen molar-refractivity contribution in [2.24, 2.45) is 0 Å². The summed E-state index contributed by atoms with van der Waals surface area (Å²) in [5, 5.41) is 11.7. The van der Waals surface area contributed by atoms with E-state index in [0.717, 1.165) is 0 Å². The highest BCUT2D eigenvalue weighted by Crippen LogP contribution is 2.27. The molecule has 0 bridgehead atoms. The lowest BCUT2D eigenvalue weighted by molar-refractivity contribution is -0.113. The zero-order valence-corrected chi connectivity index (χ0v) is 17.4. The summed E-state index contributed by atoms with van der Waals surface area (Å²) in [6.45, 7) is 5.74. The first-order chi connectivity index (χ1) is 13.5. The van der Waals surface area contributed by atoms with Crippen molar-refractivity contribution in [2.45, 2.75) is 18.6 Å². The summed E-state index contributed by atoms with van der Waals surface area (Å²) in [6, 6.07) is 10.3. The van der Waals surface area contributed by atoms with Gasteiger partial charge in [0.05, 0.1) is 5.75 Å². The van der Waals surface area contributed by atoms with Gasteiger partial charge in [0.1, 0.15) is 0 Å². The predicted molar refractivity (Wildman–Crippen MR) is 111 cm³/mol. The molecular formula is C19H17BrN4O3S. The molecule has 28 heavy (non-hydrogen) atoms. The number of rotatable bonds is 8. The van der Waals surface area contributed by atoms with Gasteiger partial charge in [-0.3, -0.25) is 14.2 Å². The van der Waals surface area contributed by atoms with Gasteiger partial charge in [0.2, 0.25) is 11.7 Å². The SMILES string of the molecule is C=CCn1c(SCC(=O)Nc2ccc(C(C)=O)cc2)nnc1-c1ccc(Br)o1. The number of nitrogens with one attached hydrogen (secondary N) is 1. The number of hydrogen-bond donors (Lipinski definition) is 1. The van der Waals surface area contributed by atoms with E-state index in [9.17, 15) is 9.59 Å². The van der Waals surface area contributed by atoms with Crippen LogP contribution in [0.5, 0.6) is 0 Å². The molecule has 1 aromatic carbocycles. The molecule has 0 atom stereocenters. The first kappa shape index (κ1) is 20.1. The summed E-state index contributed by atoms with van der Waals surface area (Å²) in [5.41, 5.74) is 1.23. The van der Waals surface area contributed by atoms with Gasteiger partial charge in [0, 0.05) is 17.8 Å². The second-order valence-corrected chi connectivity index (χ2v) is 7.50. The summed E-state index contributed by atoms with van der Waals surface area (Å²) < 4.78 is 7.98. The monoisotopic (exact) mass is 460 g/mol. The molecule has 0 saturated heterocycles. The van der Waals surface area contributed by atoms with Gasteiger partial charge >= 0.3 is 0 Å². The number of carbonyl (C=O) groups is 2. The molecule has 0 saturated carbocycles. The third kappa shape index (κ3) is 4.79. The van der Waals surface area contributed by atoms with Crippen molar-refractivity contribution in [3.63, 3.8) is 0 Å². The molecule has 3 rings (SSSR count). The Kier molecular flexibility index (Phi) is 6.48. The van der Waals surface area contributed by atoms with E-state index >= 15 is 0 Å². The number of amides is 1. The average molecular weight is 461 g/mol. The highest BCUT2D eigenvalue weighted by atomic mass is 79.9. The van der Waals surface area contributed by atoms with Crippen LogP contribution in [0.1, 0.15) is 17.3 Å². The van der Waals surface area contributed by atoms with Crippen molar-refractivity contribution in [2.75, 3.05) is 11.1 Å². The molecular weight excluding hydrogens is 444 g/mol. The highest BCUT2D eigenvalue weighted by molar-refractivity contribution is 9.10. The Labute approximate surface area is 174 Å². The predicted octanol–water partition coefficient (Wildman–Crippen LogP) is 4.42. The molecule has 0 spiro atoms. The molecule has 0 radical (unpaired) electrons. The Morgan fingerprint density at radius 2 is 2.00 bits per heavy atom. The number of hydrogen-bond acceptors (Lipinski definition) is 6. The Balaban J connectivity index is 1.66. The molecule has 1 N–H and O–H groups in total. The molecule has 2 heterocycles. The van der Waals surface area contributed by atoms with E-state index in [2.05, 4.69) is 38.0 Å². The fourth-order valence-electron chi connectivity index (χ4n) is 2.42. The highest BCUT2D eigenvalue weighted by Gasteiger charge is 2.17. The van der Waals surface area contributed by atoms with Crippen molar-refractivity contribution in [1.29, 1.82) is 0 Å². The molecule has 144 valence electrons. The minimum Gasteiger partial charge on any atom is -0.446 e. The third-order valence-electron chi connectivity index (χ3n) is 3.73. The number of anilines is 1. The maximum atomic E-state index is 12.3. The Morgan fingerprint density at radius 1 is 1.25 bits per heavy atom. The first-order valence-corrected chi connectivity index (χ1v) is 10.1. The second-order valence-electron chi connectivity index (χ2n) is 5.78. The zero-order valence-electron chi connectivity index (χ0n) is 15.0. The van der Waals surface area contributed by atoms with Gasteiger partial charge in [-0.2, -0.15) is 0 Å². The van der Waals surface area contributed by atoms with Gasteiger partial charge in [-0.15, -0.1) is 16.8 Å². The van der Waals surface area contributed by atoms with Crippen LogP contribution in [0.4, 0.5) is 5.69 Å². The van der Waals surface area contributed by atoms with Crippen molar-refractivity contribution >= 4 is 45.1 Å². The van der Waals surface area contributed by atoms with Crippen LogP contribution in [0, 0.1) is 0 Å². The van der Waals surface area contributed by atoms with Crippen LogP contribution >= 0.6 is 27.7 Å². The lowest BCUT2D eigenvalue weighted by Gasteiger charge is -2.07. The smallest absolute Gasteiger partial charge is 0.234 e. The molecule has 9 heteroatoms. The van der Waals surface area contributed by atoms with Gasteiger partial charge < -0.3 is 9.73 Å². The molecule has 0 fully saturated rings. The number of Topliss-reactive ketones (excluding diaryl/α,β-unsaturated/α-hetero) is 1. The number of furan rings is 1. The lowest BCUT2D eigenvalue weighted by atomic mass is 10.1.